The van der Waals surface area contributed by atoms with Crippen molar-refractivity contribution in [3.63, 3.8) is 0 Å². The third kappa shape index (κ3) is 56.1. The molecule has 2 radical (unpaired) electrons. The van der Waals surface area contributed by atoms with Crippen molar-refractivity contribution in [1.82, 2.24) is 0 Å². The van der Waals surface area contributed by atoms with Gasteiger partial charge >= 0.3 is 92.9 Å². The molecule has 0 atom stereocenters. The van der Waals surface area contributed by atoms with Crippen LogP contribution in [0.15, 0.2) is 0 Å². The zero-order valence-electron chi connectivity index (χ0n) is 6.09. The molecular weight excluding hydrogens is 1150 g/mol. The second-order valence-corrected chi connectivity index (χ2v) is 74.7. The third-order valence-corrected chi connectivity index (χ3v) is 0. The van der Waals surface area contributed by atoms with Gasteiger partial charge in [-0.3, -0.25) is 0 Å². The van der Waals surface area contributed by atoms with Gasteiger partial charge in [-0.25, -0.2) is 0 Å². The average molecular weight is 1150 g/mol. The van der Waals surface area contributed by atoms with Crippen LogP contribution in [0.5, 0.6) is 0 Å². The van der Waals surface area contributed by atoms with Crippen molar-refractivity contribution >= 4 is 163 Å². The first kappa shape index (κ1) is 43.0. The molecule has 0 aromatic heterocycles. The van der Waals surface area contributed by atoms with E-state index in [2.05, 4.69) is 54.4 Å². The SMILES string of the molecule is I.I.I.[H-].[I][In]([I])[I].[Na+].[Sc].[Tl]. The van der Waals surface area contributed by atoms with Crippen molar-refractivity contribution < 1.29 is 56.8 Å². The summed E-state index contributed by atoms with van der Waals surface area (Å²) in [6.07, 6.45) is 0. The Labute approximate surface area is 212 Å². The molecule has 0 rings (SSSR count). The molecule has 0 spiro atoms. The van der Waals surface area contributed by atoms with E-state index in [1.165, 1.54) is 0 Å². The molecule has 0 aromatic carbocycles. The summed E-state index contributed by atoms with van der Waals surface area (Å²) in [7, 11) is -0.727. The van der Waals surface area contributed by atoms with Gasteiger partial charge in [0, 0.05) is 53.1 Å². The molecule has 0 heterocycles. The second-order valence-electron chi connectivity index (χ2n) is 0.247. The van der Waals surface area contributed by atoms with Gasteiger partial charge in [-0.2, -0.15) is 0 Å². The third-order valence-electron chi connectivity index (χ3n) is 0. The smallest absolute Gasteiger partial charge is 0 e. The number of hydrogen-bond donors (Lipinski definition) is 0. The van der Waals surface area contributed by atoms with Crippen LogP contribution >= 0.6 is 126 Å². The predicted octanol–water partition coefficient (Wildman–Crippen LogP) is 0.863. The summed E-state index contributed by atoms with van der Waals surface area (Å²) in [6, 6.07) is 0. The van der Waals surface area contributed by atoms with Gasteiger partial charge in [-0.15, -0.1) is 71.9 Å². The molecule has 56 valence electrons. The molecule has 10 heavy (non-hydrogen) atoms. The molecule has 0 unspecified atom stereocenters. The van der Waals surface area contributed by atoms with Gasteiger partial charge in [0.25, 0.3) is 0 Å². The minimum atomic E-state index is -0.727. The van der Waals surface area contributed by atoms with Crippen molar-refractivity contribution in [2.75, 3.05) is 0 Å². The van der Waals surface area contributed by atoms with Crippen LogP contribution in [0, 0.1) is 0 Å². The molecule has 0 fully saturated rings. The van der Waals surface area contributed by atoms with Crippen LogP contribution in [0.2, 0.25) is 0 Å². The first-order valence-electron chi connectivity index (χ1n) is 0.655. The molecule has 0 aliphatic carbocycles. The largest absolute Gasteiger partial charge is 1.00 e. The van der Waals surface area contributed by atoms with Crippen molar-refractivity contribution in [1.29, 1.82) is 0 Å². The second kappa shape index (κ2) is 36.0. The molecule has 0 aliphatic heterocycles. The zero-order chi connectivity index (χ0) is 3.58. The maximum atomic E-state index is 2.53. The van der Waals surface area contributed by atoms with E-state index in [4.69, 9.17) is 0 Å². The van der Waals surface area contributed by atoms with E-state index in [0.29, 0.717) is 0 Å². The first-order valence-corrected chi connectivity index (χ1v) is 29.5. The summed E-state index contributed by atoms with van der Waals surface area (Å²) in [5.41, 5.74) is 0. The molecule has 0 saturated carbocycles. The van der Waals surface area contributed by atoms with E-state index >= 15 is 0 Å². The topological polar surface area (TPSA) is 0 Å². The molecular formula is H4I6InNaScTl. The minimum absolute atomic E-state index is 0. The van der Waals surface area contributed by atoms with Crippen LogP contribution in [0.25, 0.3) is 0 Å². The Hall–Kier alpha value is 8.04. The Balaban J connectivity index is -0.00000000214. The van der Waals surface area contributed by atoms with Crippen molar-refractivity contribution in [3.05, 3.63) is 0 Å². The van der Waals surface area contributed by atoms with Crippen LogP contribution in [0.3, 0.4) is 0 Å². The Morgan fingerprint density at radius 3 is 0.900 bits per heavy atom. The molecule has 0 aromatic rings. The molecule has 0 aliphatic rings. The zero-order valence-corrected chi connectivity index (χ0v) is 30.1. The summed E-state index contributed by atoms with van der Waals surface area (Å²) >= 11 is 7.58. The van der Waals surface area contributed by atoms with Crippen LogP contribution < -0.4 is 29.6 Å². The minimum Gasteiger partial charge on any atom is 0 e. The maximum Gasteiger partial charge on any atom is 1.00 e. The Morgan fingerprint density at radius 2 is 0.900 bits per heavy atom. The van der Waals surface area contributed by atoms with Crippen LogP contribution in [0.1, 0.15) is 1.43 Å². The molecule has 0 bridgehead atoms. The quantitative estimate of drug-likeness (QED) is 0.250. The van der Waals surface area contributed by atoms with Gasteiger partial charge < -0.3 is 1.43 Å². The van der Waals surface area contributed by atoms with Crippen LogP contribution in [-0.2, 0) is 25.8 Å². The fourth-order valence-corrected chi connectivity index (χ4v) is 0. The van der Waals surface area contributed by atoms with Gasteiger partial charge in [-0.05, 0) is 0 Å². The first-order chi connectivity index (χ1) is 1.73. The summed E-state index contributed by atoms with van der Waals surface area (Å²) in [5.74, 6) is 0. The predicted molar refractivity (Wildman–Crippen MR) is 101 cm³/mol. The van der Waals surface area contributed by atoms with Crippen molar-refractivity contribution in [3.8, 4) is 0 Å². The van der Waals surface area contributed by atoms with Gasteiger partial charge in [0.1, 0.15) is 0 Å². The Bertz CT molecular complexity index is 27.3. The number of halogens is 6. The average Bonchev–Trinajstić information content (AvgIpc) is 0.811. The van der Waals surface area contributed by atoms with Gasteiger partial charge in [-0.1, -0.05) is 0 Å². The Kier molecular flexibility index (Phi) is 155. The van der Waals surface area contributed by atoms with E-state index < -0.39 is 8.97 Å². The summed E-state index contributed by atoms with van der Waals surface area (Å²) in [5, 5.41) is 0. The van der Waals surface area contributed by atoms with Crippen molar-refractivity contribution in [2.45, 2.75) is 0 Å². The van der Waals surface area contributed by atoms with E-state index in [1.54, 1.807) is 0 Å². The van der Waals surface area contributed by atoms with E-state index in [9.17, 15) is 0 Å². The van der Waals surface area contributed by atoms with E-state index in [0.717, 1.165) is 0 Å². The number of hydrogen-bond acceptors (Lipinski definition) is 0. The Morgan fingerprint density at radius 1 is 0.900 bits per heavy atom. The molecule has 0 saturated heterocycles. The van der Waals surface area contributed by atoms with Crippen LogP contribution in [0.4, 0.5) is 0 Å². The van der Waals surface area contributed by atoms with Gasteiger partial charge in [0.05, 0.1) is 0 Å². The van der Waals surface area contributed by atoms with E-state index in [1.807, 2.05) is 0 Å². The molecule has 0 nitrogen and oxygen atoms in total. The van der Waals surface area contributed by atoms with Crippen molar-refractivity contribution in [2.24, 2.45) is 0 Å². The maximum absolute atomic E-state index is 2.53. The summed E-state index contributed by atoms with van der Waals surface area (Å²) in [6.45, 7) is 0. The number of rotatable bonds is 0. The van der Waals surface area contributed by atoms with Gasteiger partial charge in [0.15, 0.2) is 0 Å². The fourth-order valence-electron chi connectivity index (χ4n) is 0. The normalized spacial score (nSPS) is 2.70. The summed E-state index contributed by atoms with van der Waals surface area (Å²) < 4.78 is 0. The molecule has 0 N–H and O–H groups in total. The molecule has 0 amide bonds. The monoisotopic (exact) mass is 1150 g/mol. The fraction of sp³-hybridized carbons (Fsp3) is 0. The van der Waals surface area contributed by atoms with Crippen LogP contribution in [-0.4, -0.2) is 36.3 Å². The molecule has 10 heteroatoms. The van der Waals surface area contributed by atoms with Gasteiger partial charge in [0.2, 0.25) is 0 Å². The standard InChI is InChI=1S/6HI.In.Na.Sc.Tl.H/h6*1H;;;;;/q;;;;;;+3;+1;;;-1/p-3. The summed E-state index contributed by atoms with van der Waals surface area (Å²) in [4.78, 5) is 0. The van der Waals surface area contributed by atoms with E-state index in [-0.39, 0.29) is 156 Å².